The minimum absolute atomic E-state index is 0.0820. The molecule has 2 aliphatic rings. The summed E-state index contributed by atoms with van der Waals surface area (Å²) >= 11 is 0. The van der Waals surface area contributed by atoms with Crippen LogP contribution in [0, 0.1) is 0 Å². The first-order chi connectivity index (χ1) is 15.7. The third kappa shape index (κ3) is 3.08. The zero-order valence-electron chi connectivity index (χ0n) is 18.1. The number of ketones is 1. The third-order valence-electron chi connectivity index (χ3n) is 6.79. The van der Waals surface area contributed by atoms with Gasteiger partial charge in [0.05, 0.1) is 13.7 Å². The smallest absolute Gasteiger partial charge is 0.245 e. The second-order valence-electron chi connectivity index (χ2n) is 8.60. The third-order valence-corrected chi connectivity index (χ3v) is 6.79. The van der Waals surface area contributed by atoms with Gasteiger partial charge in [-0.3, -0.25) is 4.79 Å². The highest BCUT2D eigenvalue weighted by atomic mass is 16.5. The molecule has 0 saturated carbocycles. The summed E-state index contributed by atoms with van der Waals surface area (Å²) in [7, 11) is 1.63. The summed E-state index contributed by atoms with van der Waals surface area (Å²) < 4.78 is 15.5. The average Bonchev–Trinajstić information content (AvgIpc) is 3.54. The molecule has 1 aliphatic heterocycles. The van der Waals surface area contributed by atoms with Crippen molar-refractivity contribution in [3.8, 4) is 11.5 Å². The van der Waals surface area contributed by atoms with Crippen LogP contribution < -0.4 is 14.0 Å². The Morgan fingerprint density at radius 3 is 2.78 bits per heavy atom. The zero-order valence-corrected chi connectivity index (χ0v) is 18.1. The average molecular weight is 426 g/mol. The van der Waals surface area contributed by atoms with Crippen LogP contribution in [0.25, 0.3) is 11.0 Å². The van der Waals surface area contributed by atoms with Gasteiger partial charge in [0.15, 0.2) is 17.6 Å². The van der Waals surface area contributed by atoms with Gasteiger partial charge in [0.25, 0.3) is 0 Å². The van der Waals surface area contributed by atoms with Gasteiger partial charge < -0.3 is 9.47 Å². The number of hydrogen-bond donors (Lipinski definition) is 0. The number of para-hydroxylation sites is 2. The molecule has 0 N–H and O–H groups in total. The van der Waals surface area contributed by atoms with Crippen LogP contribution in [0.15, 0.2) is 67.0 Å². The van der Waals surface area contributed by atoms with Crippen LogP contribution in [-0.2, 0) is 19.4 Å². The number of methoxy groups -OCH3 is 1. The topological polar surface area (TPSA) is 44.3 Å². The van der Waals surface area contributed by atoms with E-state index in [9.17, 15) is 4.79 Å². The van der Waals surface area contributed by atoms with Crippen molar-refractivity contribution in [2.75, 3.05) is 13.7 Å². The van der Waals surface area contributed by atoms with Gasteiger partial charge in [-0.1, -0.05) is 18.2 Å². The number of rotatable bonds is 5. The van der Waals surface area contributed by atoms with Gasteiger partial charge in [0.2, 0.25) is 12.1 Å². The van der Waals surface area contributed by atoms with E-state index >= 15 is 0 Å². The highest BCUT2D eigenvalue weighted by molar-refractivity contribution is 5.95. The van der Waals surface area contributed by atoms with E-state index in [1.54, 1.807) is 7.11 Å². The summed E-state index contributed by atoms with van der Waals surface area (Å²) in [5.41, 5.74) is 7.02. The van der Waals surface area contributed by atoms with E-state index in [-0.39, 0.29) is 11.8 Å². The molecule has 5 nitrogen and oxygen atoms in total. The van der Waals surface area contributed by atoms with Gasteiger partial charge in [-0.05, 0) is 66.4 Å². The molecule has 5 heteroatoms. The number of nitrogens with zero attached hydrogens (tertiary/aromatic N) is 2. The highest BCUT2D eigenvalue weighted by Gasteiger charge is 2.33. The Morgan fingerprint density at radius 1 is 1.09 bits per heavy atom. The Bertz CT molecular complexity index is 1340. The van der Waals surface area contributed by atoms with Gasteiger partial charge in [0.1, 0.15) is 17.5 Å². The van der Waals surface area contributed by atoms with Crippen molar-refractivity contribution in [1.82, 2.24) is 4.57 Å². The monoisotopic (exact) mass is 425 g/mol. The maximum absolute atomic E-state index is 13.0. The molecule has 0 bridgehead atoms. The molecule has 3 aromatic carbocycles. The minimum Gasteiger partial charge on any atom is -0.497 e. The Morgan fingerprint density at radius 2 is 1.94 bits per heavy atom. The fraction of sp³-hybridized carbons (Fsp3) is 0.259. The summed E-state index contributed by atoms with van der Waals surface area (Å²) in [6, 6.07) is 20.5. The number of ether oxygens (including phenoxy) is 2. The van der Waals surface area contributed by atoms with Crippen LogP contribution in [-0.4, -0.2) is 24.1 Å². The Balaban J connectivity index is 1.37. The number of carbonyl (C=O) groups is 1. The van der Waals surface area contributed by atoms with Crippen molar-refractivity contribution in [3.63, 3.8) is 0 Å². The summed E-state index contributed by atoms with van der Waals surface area (Å²) in [4.78, 5) is 13.0. The lowest BCUT2D eigenvalue weighted by molar-refractivity contribution is -0.658. The SMILES string of the molecule is COc1ccc(C(=O)C[n+]2cn(C3CCc4cc5c(cc43)OCC5)c3ccccc32)cc1. The molecule has 160 valence electrons. The van der Waals surface area contributed by atoms with Crippen molar-refractivity contribution in [2.45, 2.75) is 31.8 Å². The largest absolute Gasteiger partial charge is 0.497 e. The van der Waals surface area contributed by atoms with Crippen LogP contribution in [0.4, 0.5) is 0 Å². The summed E-state index contributed by atoms with van der Waals surface area (Å²) in [6.07, 6.45) is 5.25. The molecule has 6 rings (SSSR count). The van der Waals surface area contributed by atoms with Crippen LogP contribution >= 0.6 is 0 Å². The quantitative estimate of drug-likeness (QED) is 0.354. The molecule has 0 amide bonds. The van der Waals surface area contributed by atoms with Crippen LogP contribution in [0.3, 0.4) is 0 Å². The van der Waals surface area contributed by atoms with E-state index in [4.69, 9.17) is 9.47 Å². The van der Waals surface area contributed by atoms with Gasteiger partial charge in [-0.15, -0.1) is 0 Å². The predicted molar refractivity (Wildman–Crippen MR) is 122 cm³/mol. The molecule has 0 fully saturated rings. The van der Waals surface area contributed by atoms with Crippen LogP contribution in [0.2, 0.25) is 0 Å². The van der Waals surface area contributed by atoms with E-state index in [0.29, 0.717) is 12.1 Å². The summed E-state index contributed by atoms with van der Waals surface area (Å²) in [5, 5.41) is 0. The highest BCUT2D eigenvalue weighted by Crippen LogP contribution is 2.40. The minimum atomic E-state index is 0.0820. The maximum Gasteiger partial charge on any atom is 0.245 e. The number of fused-ring (bicyclic) bond motifs is 3. The lowest BCUT2D eigenvalue weighted by Crippen LogP contribution is -2.37. The lowest BCUT2D eigenvalue weighted by Gasteiger charge is -2.10. The number of Topliss-reactive ketones (excluding diaryl/α,β-unsaturated/α-hetero) is 1. The number of aromatic nitrogens is 2. The molecule has 32 heavy (non-hydrogen) atoms. The molecule has 1 atom stereocenters. The molecular weight excluding hydrogens is 400 g/mol. The second kappa shape index (κ2) is 7.52. The van der Waals surface area contributed by atoms with Gasteiger partial charge in [-0.25, -0.2) is 9.13 Å². The lowest BCUT2D eigenvalue weighted by atomic mass is 10.0. The van der Waals surface area contributed by atoms with Crippen molar-refractivity contribution in [2.24, 2.45) is 0 Å². The number of carbonyl (C=O) groups excluding carboxylic acids is 1. The molecule has 4 aromatic rings. The fourth-order valence-corrected chi connectivity index (χ4v) is 5.15. The van der Waals surface area contributed by atoms with Crippen LogP contribution in [0.1, 0.15) is 39.5 Å². The first-order valence-electron chi connectivity index (χ1n) is 11.2. The number of aryl methyl sites for hydroxylation is 1. The first kappa shape index (κ1) is 19.1. The standard InChI is InChI=1S/C27H25N2O3/c1-31-21-9-6-18(7-10-21)26(30)16-28-17-29(25-5-3-2-4-24(25)28)23-11-8-19-14-20-12-13-32-27(20)15-22(19)23/h2-7,9-10,14-15,17,23H,8,11-13,16H2,1H3/q+1. The normalized spacial score (nSPS) is 16.6. The summed E-state index contributed by atoms with van der Waals surface area (Å²) in [5.74, 6) is 1.87. The van der Waals surface area contributed by atoms with E-state index in [0.717, 1.165) is 48.4 Å². The van der Waals surface area contributed by atoms with Crippen molar-refractivity contribution >= 4 is 16.8 Å². The van der Waals surface area contributed by atoms with Crippen molar-refractivity contribution in [3.05, 3.63) is 89.2 Å². The second-order valence-corrected chi connectivity index (χ2v) is 8.60. The number of benzene rings is 3. The molecular formula is C27H25N2O3+. The van der Waals surface area contributed by atoms with Gasteiger partial charge in [-0.2, -0.15) is 0 Å². The molecule has 0 spiro atoms. The van der Waals surface area contributed by atoms with Crippen molar-refractivity contribution < 1.29 is 18.8 Å². The van der Waals surface area contributed by atoms with E-state index in [1.165, 1.54) is 16.7 Å². The predicted octanol–water partition coefficient (Wildman–Crippen LogP) is 4.29. The molecule has 2 heterocycles. The molecule has 0 radical (unpaired) electrons. The Labute approximate surface area is 186 Å². The van der Waals surface area contributed by atoms with Crippen LogP contribution in [0.5, 0.6) is 11.5 Å². The van der Waals surface area contributed by atoms with Crippen molar-refractivity contribution in [1.29, 1.82) is 0 Å². The van der Waals surface area contributed by atoms with E-state index < -0.39 is 0 Å². The Kier molecular flexibility index (Phi) is 4.49. The molecule has 0 saturated heterocycles. The molecule has 1 aromatic heterocycles. The molecule has 1 aliphatic carbocycles. The zero-order chi connectivity index (χ0) is 21.7. The van der Waals surface area contributed by atoms with Gasteiger partial charge in [0, 0.05) is 17.5 Å². The maximum atomic E-state index is 13.0. The van der Waals surface area contributed by atoms with E-state index in [1.807, 2.05) is 30.3 Å². The first-order valence-corrected chi connectivity index (χ1v) is 11.2. The molecule has 1 unspecified atom stereocenters. The fourth-order valence-electron chi connectivity index (χ4n) is 5.15. The van der Waals surface area contributed by atoms with Gasteiger partial charge >= 0.3 is 0 Å². The van der Waals surface area contributed by atoms with E-state index in [2.05, 4.69) is 45.8 Å². The number of imidazole rings is 1. The Hall–Kier alpha value is -3.60. The number of hydrogen-bond acceptors (Lipinski definition) is 3. The summed E-state index contributed by atoms with van der Waals surface area (Å²) in [6.45, 7) is 1.08.